The summed E-state index contributed by atoms with van der Waals surface area (Å²) < 4.78 is 5.46. The lowest BCUT2D eigenvalue weighted by Crippen LogP contribution is -2.11. The summed E-state index contributed by atoms with van der Waals surface area (Å²) in [6.07, 6.45) is 6.39. The Morgan fingerprint density at radius 1 is 1.44 bits per heavy atom. The smallest absolute Gasteiger partial charge is 0.122 e. The molecule has 0 N–H and O–H groups in total. The maximum atomic E-state index is 5.46. The van der Waals surface area contributed by atoms with Crippen molar-refractivity contribution in [2.45, 2.75) is 38.0 Å². The van der Waals surface area contributed by atoms with Crippen molar-refractivity contribution in [3.8, 4) is 5.75 Å². The molecule has 1 aromatic rings. The largest absolute Gasteiger partial charge is 0.496 e. The highest BCUT2D eigenvalue weighted by atomic mass is 79.9. The van der Waals surface area contributed by atoms with E-state index in [2.05, 4.69) is 34.1 Å². The van der Waals surface area contributed by atoms with Crippen LogP contribution in [0.5, 0.6) is 5.75 Å². The van der Waals surface area contributed by atoms with Gasteiger partial charge in [-0.25, -0.2) is 0 Å². The van der Waals surface area contributed by atoms with Gasteiger partial charge in [0.1, 0.15) is 5.75 Å². The summed E-state index contributed by atoms with van der Waals surface area (Å²) >= 11 is 3.52. The lowest BCUT2D eigenvalue weighted by atomic mass is 9.80. The van der Waals surface area contributed by atoms with E-state index < -0.39 is 0 Å². The quantitative estimate of drug-likeness (QED) is 0.749. The summed E-state index contributed by atoms with van der Waals surface area (Å²) in [5, 5.41) is 1.11. The van der Waals surface area contributed by atoms with E-state index in [-0.39, 0.29) is 0 Å². The Bertz CT molecular complexity index is 349. The minimum atomic E-state index is 0.747. The number of methoxy groups -OCH3 is 1. The van der Waals surface area contributed by atoms with Crippen LogP contribution in [0.3, 0.4) is 0 Å². The highest BCUT2D eigenvalue weighted by molar-refractivity contribution is 9.09. The summed E-state index contributed by atoms with van der Waals surface area (Å²) in [4.78, 5) is 0. The predicted molar refractivity (Wildman–Crippen MR) is 71.7 cm³/mol. The molecular weight excluding hydrogens is 264 g/mol. The second-order valence-corrected chi connectivity index (χ2v) is 5.24. The van der Waals surface area contributed by atoms with Crippen molar-refractivity contribution in [1.82, 2.24) is 0 Å². The average molecular weight is 283 g/mol. The van der Waals surface area contributed by atoms with Gasteiger partial charge >= 0.3 is 0 Å². The third-order valence-corrected chi connectivity index (χ3v) is 4.06. The maximum absolute atomic E-state index is 5.46. The van der Waals surface area contributed by atoms with E-state index >= 15 is 0 Å². The van der Waals surface area contributed by atoms with Crippen LogP contribution in [0.15, 0.2) is 18.2 Å². The van der Waals surface area contributed by atoms with E-state index in [0.29, 0.717) is 0 Å². The van der Waals surface area contributed by atoms with Gasteiger partial charge in [-0.1, -0.05) is 28.1 Å². The number of alkyl halides is 1. The van der Waals surface area contributed by atoms with Crippen LogP contribution in [-0.2, 0) is 6.42 Å². The second-order valence-electron chi connectivity index (χ2n) is 4.45. The predicted octanol–water partition coefficient (Wildman–Crippen LogP) is 4.29. The third-order valence-electron chi connectivity index (χ3n) is 3.49. The van der Waals surface area contributed by atoms with Crippen LogP contribution in [0.25, 0.3) is 0 Å². The molecule has 0 bridgehead atoms. The number of halogens is 1. The molecule has 16 heavy (non-hydrogen) atoms. The fourth-order valence-electron chi connectivity index (χ4n) is 2.73. The van der Waals surface area contributed by atoms with Crippen LogP contribution < -0.4 is 4.74 Å². The van der Waals surface area contributed by atoms with Gasteiger partial charge in [0.05, 0.1) is 7.11 Å². The molecular formula is C14H19BrO. The Balaban J connectivity index is 2.24. The fraction of sp³-hybridized carbons (Fsp3) is 0.571. The van der Waals surface area contributed by atoms with Gasteiger partial charge in [-0.15, -0.1) is 0 Å². The van der Waals surface area contributed by atoms with Gasteiger partial charge in [-0.2, -0.15) is 0 Å². The molecule has 0 spiro atoms. The van der Waals surface area contributed by atoms with E-state index in [9.17, 15) is 0 Å². The Hall–Kier alpha value is -0.500. The number of ether oxygens (including phenoxy) is 1. The van der Waals surface area contributed by atoms with Crippen molar-refractivity contribution in [3.05, 3.63) is 29.3 Å². The first-order valence-electron chi connectivity index (χ1n) is 6.08. The van der Waals surface area contributed by atoms with Gasteiger partial charge in [-0.3, -0.25) is 0 Å². The van der Waals surface area contributed by atoms with Crippen LogP contribution in [0, 0.1) is 0 Å². The molecule has 1 aromatic carbocycles. The number of benzene rings is 1. The summed E-state index contributed by atoms with van der Waals surface area (Å²) in [5.74, 6) is 1.83. The van der Waals surface area contributed by atoms with E-state index in [1.165, 1.54) is 43.2 Å². The van der Waals surface area contributed by atoms with E-state index in [1.54, 1.807) is 7.11 Å². The lowest BCUT2D eigenvalue weighted by molar-refractivity contribution is 0.401. The molecule has 0 aromatic heterocycles. The summed E-state index contributed by atoms with van der Waals surface area (Å²) in [6.45, 7) is 0. The summed E-state index contributed by atoms with van der Waals surface area (Å²) in [7, 11) is 1.78. The van der Waals surface area contributed by atoms with E-state index in [1.807, 2.05) is 0 Å². The molecule has 1 aliphatic rings. The Morgan fingerprint density at radius 2 is 2.31 bits per heavy atom. The molecule has 0 aliphatic heterocycles. The minimum Gasteiger partial charge on any atom is -0.496 e. The zero-order valence-corrected chi connectivity index (χ0v) is 11.4. The SMILES string of the molecule is COc1cccc2c1CCCC2CCCBr. The van der Waals surface area contributed by atoms with E-state index in [0.717, 1.165) is 17.0 Å². The molecule has 1 unspecified atom stereocenters. The first-order valence-corrected chi connectivity index (χ1v) is 7.20. The van der Waals surface area contributed by atoms with Gasteiger partial charge in [0, 0.05) is 5.33 Å². The lowest BCUT2D eigenvalue weighted by Gasteiger charge is -2.26. The highest BCUT2D eigenvalue weighted by Crippen LogP contribution is 2.38. The second kappa shape index (κ2) is 5.72. The maximum Gasteiger partial charge on any atom is 0.122 e. The van der Waals surface area contributed by atoms with Crippen molar-refractivity contribution in [1.29, 1.82) is 0 Å². The van der Waals surface area contributed by atoms with Crippen LogP contribution >= 0.6 is 15.9 Å². The number of hydrogen-bond acceptors (Lipinski definition) is 1. The molecule has 0 saturated heterocycles. The summed E-state index contributed by atoms with van der Waals surface area (Å²) in [6, 6.07) is 6.51. The highest BCUT2D eigenvalue weighted by Gasteiger charge is 2.21. The summed E-state index contributed by atoms with van der Waals surface area (Å²) in [5.41, 5.74) is 2.99. The zero-order chi connectivity index (χ0) is 11.4. The molecule has 1 aliphatic carbocycles. The van der Waals surface area contributed by atoms with Crippen molar-refractivity contribution in [2.75, 3.05) is 12.4 Å². The standard InChI is InChI=1S/C14H19BrO/c1-16-14-9-3-7-12-11(6-4-10-15)5-2-8-13(12)14/h3,7,9,11H,2,4-6,8,10H2,1H3. The number of rotatable bonds is 4. The van der Waals surface area contributed by atoms with Crippen LogP contribution in [0.4, 0.5) is 0 Å². The molecule has 88 valence electrons. The van der Waals surface area contributed by atoms with Gasteiger partial charge in [0.15, 0.2) is 0 Å². The molecule has 2 heteroatoms. The number of fused-ring (bicyclic) bond motifs is 1. The molecule has 1 atom stereocenters. The monoisotopic (exact) mass is 282 g/mol. The molecule has 0 saturated carbocycles. The van der Waals surface area contributed by atoms with Crippen molar-refractivity contribution in [3.63, 3.8) is 0 Å². The van der Waals surface area contributed by atoms with Gasteiger partial charge in [0.2, 0.25) is 0 Å². The first kappa shape index (κ1) is 12.0. The van der Waals surface area contributed by atoms with Crippen LogP contribution in [0.2, 0.25) is 0 Å². The van der Waals surface area contributed by atoms with Gasteiger partial charge in [0.25, 0.3) is 0 Å². The number of hydrogen-bond donors (Lipinski definition) is 0. The minimum absolute atomic E-state index is 0.747. The molecule has 1 nitrogen and oxygen atoms in total. The molecule has 0 heterocycles. The fourth-order valence-corrected chi connectivity index (χ4v) is 3.05. The molecule has 2 rings (SSSR count). The van der Waals surface area contributed by atoms with Crippen molar-refractivity contribution < 1.29 is 4.74 Å². The topological polar surface area (TPSA) is 9.23 Å². The van der Waals surface area contributed by atoms with Gasteiger partial charge in [-0.05, 0) is 55.2 Å². The third kappa shape index (κ3) is 2.42. The molecule has 0 amide bonds. The van der Waals surface area contributed by atoms with Crippen LogP contribution in [-0.4, -0.2) is 12.4 Å². The average Bonchev–Trinajstić information content (AvgIpc) is 2.35. The normalized spacial score (nSPS) is 19.2. The van der Waals surface area contributed by atoms with Crippen molar-refractivity contribution >= 4 is 15.9 Å². The zero-order valence-electron chi connectivity index (χ0n) is 9.84. The Labute approximate surface area is 106 Å². The van der Waals surface area contributed by atoms with Crippen LogP contribution in [0.1, 0.15) is 42.7 Å². The molecule has 0 fully saturated rings. The van der Waals surface area contributed by atoms with Crippen molar-refractivity contribution in [2.24, 2.45) is 0 Å². The van der Waals surface area contributed by atoms with E-state index in [4.69, 9.17) is 4.74 Å². The first-order chi connectivity index (χ1) is 7.86. The Morgan fingerprint density at radius 3 is 3.06 bits per heavy atom. The Kier molecular flexibility index (Phi) is 4.28. The molecule has 0 radical (unpaired) electrons. The van der Waals surface area contributed by atoms with Gasteiger partial charge < -0.3 is 4.74 Å².